The monoisotopic (exact) mass is 543 g/mol. The number of carbonyl (C=O) groups excluding carboxylic acids is 1. The van der Waals surface area contributed by atoms with Gasteiger partial charge in [0.15, 0.2) is 0 Å². The van der Waals surface area contributed by atoms with Crippen LogP contribution in [-0.4, -0.2) is 81.3 Å². The minimum absolute atomic E-state index is 0.0175. The third kappa shape index (κ3) is 4.76. The Hall–Kier alpha value is -4.73. The molecule has 1 aromatic carbocycles. The number of rotatable bonds is 6. The maximum Gasteiger partial charge on any atom is 0.307 e. The van der Waals surface area contributed by atoms with E-state index >= 15 is 0 Å². The molecule has 6 rings (SSSR count). The fourth-order valence-electron chi connectivity index (χ4n) is 5.91. The maximum absolute atomic E-state index is 12.7. The van der Waals surface area contributed by atoms with Crippen LogP contribution in [0.5, 0.6) is 0 Å². The van der Waals surface area contributed by atoms with Crippen molar-refractivity contribution in [3.8, 4) is 6.07 Å². The second kappa shape index (κ2) is 10.1. The second-order valence-corrected chi connectivity index (χ2v) is 10.7. The molecule has 0 radical (unpaired) electrons. The van der Waals surface area contributed by atoms with E-state index < -0.39 is 11.5 Å². The highest BCUT2D eigenvalue weighted by atomic mass is 16.4. The van der Waals surface area contributed by atoms with Crippen LogP contribution in [0.25, 0.3) is 10.9 Å². The number of piperazine rings is 1. The number of carboxylic acids is 1. The number of hydrogen-bond donors (Lipinski definition) is 3. The first-order chi connectivity index (χ1) is 19.4. The third-order valence-corrected chi connectivity index (χ3v) is 8.39. The Bertz CT molecular complexity index is 1550. The van der Waals surface area contributed by atoms with Gasteiger partial charge in [0.2, 0.25) is 11.9 Å². The van der Waals surface area contributed by atoms with Crippen LogP contribution in [0.2, 0.25) is 0 Å². The number of fused-ring (bicyclic) bond motifs is 1. The van der Waals surface area contributed by atoms with Gasteiger partial charge in [-0.3, -0.25) is 14.4 Å². The SMILES string of the molecule is N#CCC(=O)N1CCN(c2nc(Nc3ccc(N4CCC5(CC4)CC5C(=O)O)cc3)c3c(=O)[nH]ncc3n2)CC1. The molecule has 0 bridgehead atoms. The molecule has 3 fully saturated rings. The molecule has 13 nitrogen and oxygen atoms in total. The predicted octanol–water partition coefficient (Wildman–Crippen LogP) is 1.71. The zero-order valence-corrected chi connectivity index (χ0v) is 21.8. The number of aromatic nitrogens is 4. The second-order valence-electron chi connectivity index (χ2n) is 10.7. The molecule has 2 saturated heterocycles. The normalized spacial score (nSPS) is 19.9. The van der Waals surface area contributed by atoms with Crippen LogP contribution in [0, 0.1) is 22.7 Å². The molecule has 1 atom stereocenters. The summed E-state index contributed by atoms with van der Waals surface area (Å²) in [4.78, 5) is 51.3. The number of carboxylic acid groups (broad SMARTS) is 1. The lowest BCUT2D eigenvalue weighted by Gasteiger charge is -2.34. The number of aromatic amines is 1. The summed E-state index contributed by atoms with van der Waals surface area (Å²) >= 11 is 0. The summed E-state index contributed by atoms with van der Waals surface area (Å²) in [5, 5.41) is 28.1. The Morgan fingerprint density at radius 3 is 2.45 bits per heavy atom. The van der Waals surface area contributed by atoms with Crippen molar-refractivity contribution in [1.29, 1.82) is 5.26 Å². The number of H-pyrrole nitrogens is 1. The van der Waals surface area contributed by atoms with E-state index in [0.717, 1.165) is 43.7 Å². The lowest BCUT2D eigenvalue weighted by atomic mass is 9.90. The summed E-state index contributed by atoms with van der Waals surface area (Å²) in [6.07, 6.45) is 3.91. The van der Waals surface area contributed by atoms with Gasteiger partial charge in [0.05, 0.1) is 18.2 Å². The van der Waals surface area contributed by atoms with E-state index in [9.17, 15) is 19.5 Å². The van der Waals surface area contributed by atoms with E-state index in [1.165, 1.54) is 6.20 Å². The number of nitrogens with zero attached hydrogens (tertiary/aromatic N) is 7. The van der Waals surface area contributed by atoms with Crippen LogP contribution in [0.4, 0.5) is 23.1 Å². The van der Waals surface area contributed by atoms with E-state index in [1.807, 2.05) is 35.2 Å². The van der Waals surface area contributed by atoms with Gasteiger partial charge < -0.3 is 25.1 Å². The van der Waals surface area contributed by atoms with E-state index in [2.05, 4.69) is 30.4 Å². The summed E-state index contributed by atoms with van der Waals surface area (Å²) in [6.45, 7) is 3.56. The highest BCUT2D eigenvalue weighted by Crippen LogP contribution is 2.59. The number of benzene rings is 1. The zero-order chi connectivity index (χ0) is 27.9. The maximum atomic E-state index is 12.7. The summed E-state index contributed by atoms with van der Waals surface area (Å²) in [5.41, 5.74) is 1.79. The number of nitrogens with one attached hydrogen (secondary N) is 2. The van der Waals surface area contributed by atoms with Gasteiger partial charge in [-0.15, -0.1) is 0 Å². The number of nitriles is 1. The van der Waals surface area contributed by atoms with Crippen molar-refractivity contribution in [1.82, 2.24) is 25.1 Å². The Morgan fingerprint density at radius 1 is 1.07 bits per heavy atom. The molecule has 4 heterocycles. The number of carbonyl (C=O) groups is 2. The molecule has 40 heavy (non-hydrogen) atoms. The molecule has 1 aliphatic carbocycles. The van der Waals surface area contributed by atoms with Crippen LogP contribution in [0.3, 0.4) is 0 Å². The fraction of sp³-hybridized carbons (Fsp3) is 0.444. The van der Waals surface area contributed by atoms with Gasteiger partial charge in [-0.2, -0.15) is 15.3 Å². The third-order valence-electron chi connectivity index (χ3n) is 8.39. The smallest absolute Gasteiger partial charge is 0.307 e. The Morgan fingerprint density at radius 2 is 1.80 bits per heavy atom. The van der Waals surface area contributed by atoms with Gasteiger partial charge in [-0.1, -0.05) is 0 Å². The van der Waals surface area contributed by atoms with Crippen molar-refractivity contribution < 1.29 is 14.7 Å². The molecule has 2 aliphatic heterocycles. The molecule has 1 spiro atoms. The van der Waals surface area contributed by atoms with E-state index in [1.54, 1.807) is 4.90 Å². The zero-order valence-electron chi connectivity index (χ0n) is 21.8. The van der Waals surface area contributed by atoms with Crippen LogP contribution < -0.4 is 20.7 Å². The number of hydrogen-bond acceptors (Lipinski definition) is 10. The van der Waals surface area contributed by atoms with Gasteiger partial charge in [0.1, 0.15) is 23.1 Å². The molecule has 1 unspecified atom stereocenters. The standard InChI is InChI=1S/C27H29N9O4/c28-8-5-21(37)35-11-13-36(14-12-35)26-31-20-16-29-33-24(38)22(20)23(32-26)30-17-1-3-18(4-2-17)34-9-6-27(7-10-34)15-19(27)25(39)40/h1-4,16,19H,5-7,9-15H2,(H,33,38)(H,39,40)(H,30,31,32). The summed E-state index contributed by atoms with van der Waals surface area (Å²) in [5.74, 6) is -0.278. The molecule has 13 heteroatoms. The van der Waals surface area contributed by atoms with Crippen LogP contribution in [0.15, 0.2) is 35.3 Å². The van der Waals surface area contributed by atoms with Crippen molar-refractivity contribution in [2.75, 3.05) is 54.4 Å². The average Bonchev–Trinajstić information content (AvgIpc) is 3.67. The lowest BCUT2D eigenvalue weighted by molar-refractivity contribution is -0.139. The van der Waals surface area contributed by atoms with Gasteiger partial charge >= 0.3 is 5.97 Å². The van der Waals surface area contributed by atoms with Gasteiger partial charge in [0, 0.05) is 50.6 Å². The highest BCUT2D eigenvalue weighted by Gasteiger charge is 2.58. The number of amides is 1. The molecule has 2 aromatic heterocycles. The van der Waals surface area contributed by atoms with Gasteiger partial charge in [-0.05, 0) is 48.9 Å². The largest absolute Gasteiger partial charge is 0.481 e. The molecule has 3 aromatic rings. The van der Waals surface area contributed by atoms with Gasteiger partial charge in [-0.25, -0.2) is 10.1 Å². The molecule has 1 saturated carbocycles. The fourth-order valence-corrected chi connectivity index (χ4v) is 5.91. The number of aliphatic carboxylic acids is 1. The quantitative estimate of drug-likeness (QED) is 0.413. The van der Waals surface area contributed by atoms with E-state index in [4.69, 9.17) is 5.26 Å². The number of anilines is 4. The molecule has 206 valence electrons. The summed E-state index contributed by atoms with van der Waals surface area (Å²) < 4.78 is 0. The van der Waals surface area contributed by atoms with Gasteiger partial charge in [0.25, 0.3) is 5.56 Å². The highest BCUT2D eigenvalue weighted by molar-refractivity contribution is 5.90. The predicted molar refractivity (Wildman–Crippen MR) is 146 cm³/mol. The van der Waals surface area contributed by atoms with Crippen LogP contribution in [-0.2, 0) is 9.59 Å². The topological polar surface area (TPSA) is 171 Å². The first kappa shape index (κ1) is 25.5. The molecular formula is C27H29N9O4. The van der Waals surface area contributed by atoms with Crippen molar-refractivity contribution in [2.24, 2.45) is 11.3 Å². The molecule has 3 aliphatic rings. The Balaban J connectivity index is 1.18. The van der Waals surface area contributed by atoms with Crippen molar-refractivity contribution >= 4 is 45.9 Å². The number of piperidine rings is 1. The minimum Gasteiger partial charge on any atom is -0.481 e. The van der Waals surface area contributed by atoms with E-state index in [-0.39, 0.29) is 23.7 Å². The molecule has 3 N–H and O–H groups in total. The van der Waals surface area contributed by atoms with E-state index in [0.29, 0.717) is 48.8 Å². The average molecular weight is 544 g/mol. The van der Waals surface area contributed by atoms with Crippen molar-refractivity contribution in [2.45, 2.75) is 25.7 Å². The molecule has 1 amide bonds. The Labute approximate surface area is 229 Å². The first-order valence-corrected chi connectivity index (χ1v) is 13.4. The molecular weight excluding hydrogens is 514 g/mol. The van der Waals surface area contributed by atoms with Crippen molar-refractivity contribution in [3.05, 3.63) is 40.8 Å². The lowest BCUT2D eigenvalue weighted by Crippen LogP contribution is -2.49. The summed E-state index contributed by atoms with van der Waals surface area (Å²) in [7, 11) is 0. The van der Waals surface area contributed by atoms with Crippen molar-refractivity contribution in [3.63, 3.8) is 0 Å². The summed E-state index contributed by atoms with van der Waals surface area (Å²) in [6, 6.07) is 9.78. The first-order valence-electron chi connectivity index (χ1n) is 13.4. The minimum atomic E-state index is -0.674. The Kier molecular flexibility index (Phi) is 6.45. The van der Waals surface area contributed by atoms with Crippen LogP contribution >= 0.6 is 0 Å². The van der Waals surface area contributed by atoms with Crippen LogP contribution in [0.1, 0.15) is 25.7 Å².